The highest BCUT2D eigenvalue weighted by atomic mass is 32.2. The van der Waals surface area contributed by atoms with Crippen molar-refractivity contribution in [3.8, 4) is 6.07 Å². The summed E-state index contributed by atoms with van der Waals surface area (Å²) in [6.07, 6.45) is 1.59. The van der Waals surface area contributed by atoms with Crippen molar-refractivity contribution in [1.82, 2.24) is 19.4 Å². The highest BCUT2D eigenvalue weighted by molar-refractivity contribution is 7.88. The summed E-state index contributed by atoms with van der Waals surface area (Å²) in [6.45, 7) is 4.91. The average molecular weight is 339 g/mol. The van der Waals surface area contributed by atoms with Crippen LogP contribution in [0.25, 0.3) is 0 Å². The fraction of sp³-hybridized carbons (Fsp3) is 0.643. The number of carbonyl (C=O) groups excluding carboxylic acids is 1. The first-order valence-corrected chi connectivity index (χ1v) is 9.26. The van der Waals surface area contributed by atoms with Crippen LogP contribution in [0, 0.1) is 11.3 Å². The van der Waals surface area contributed by atoms with Gasteiger partial charge < -0.3 is 5.32 Å². The van der Waals surface area contributed by atoms with Crippen molar-refractivity contribution in [3.05, 3.63) is 17.0 Å². The maximum atomic E-state index is 11.8. The fourth-order valence-corrected chi connectivity index (χ4v) is 3.44. The van der Waals surface area contributed by atoms with Crippen LogP contribution < -0.4 is 5.32 Å². The number of nitrogens with one attached hydrogen (secondary N) is 1. The molecule has 1 amide bonds. The van der Waals surface area contributed by atoms with Crippen LogP contribution in [0.4, 0.5) is 0 Å². The number of rotatable bonds is 5. The van der Waals surface area contributed by atoms with E-state index < -0.39 is 10.0 Å². The summed E-state index contributed by atoms with van der Waals surface area (Å²) in [4.78, 5) is 11.5. The first-order chi connectivity index (χ1) is 10.7. The number of fused-ring (bicyclic) bond motifs is 1. The van der Waals surface area contributed by atoms with Gasteiger partial charge in [-0.3, -0.25) is 9.48 Å². The number of hydrogen-bond donors (Lipinski definition) is 1. The van der Waals surface area contributed by atoms with Crippen molar-refractivity contribution in [2.45, 2.75) is 45.8 Å². The molecule has 0 aliphatic carbocycles. The van der Waals surface area contributed by atoms with Crippen LogP contribution in [-0.4, -0.2) is 41.2 Å². The van der Waals surface area contributed by atoms with Crippen LogP contribution in [-0.2, 0) is 34.3 Å². The van der Waals surface area contributed by atoms with Gasteiger partial charge in [-0.1, -0.05) is 0 Å². The van der Waals surface area contributed by atoms with E-state index in [1.807, 2.05) is 18.5 Å². The molecular formula is C14H21N5O3S. The molecule has 1 aromatic rings. The van der Waals surface area contributed by atoms with Crippen molar-refractivity contribution >= 4 is 15.9 Å². The third-order valence-corrected chi connectivity index (χ3v) is 5.04. The molecule has 23 heavy (non-hydrogen) atoms. The van der Waals surface area contributed by atoms with E-state index in [-0.39, 0.29) is 24.9 Å². The van der Waals surface area contributed by atoms with Crippen molar-refractivity contribution in [2.75, 3.05) is 12.8 Å². The quantitative estimate of drug-likeness (QED) is 0.830. The summed E-state index contributed by atoms with van der Waals surface area (Å²) < 4.78 is 26.8. The molecule has 1 N–H and O–H groups in total. The number of nitrogens with zero attached hydrogens (tertiary/aromatic N) is 4. The molecule has 9 heteroatoms. The summed E-state index contributed by atoms with van der Waals surface area (Å²) >= 11 is 0. The minimum Gasteiger partial charge on any atom is -0.349 e. The van der Waals surface area contributed by atoms with Crippen molar-refractivity contribution < 1.29 is 13.2 Å². The van der Waals surface area contributed by atoms with E-state index in [2.05, 4.69) is 10.4 Å². The predicted molar refractivity (Wildman–Crippen MR) is 83.6 cm³/mol. The Morgan fingerprint density at radius 1 is 1.48 bits per heavy atom. The lowest BCUT2D eigenvalue weighted by Crippen LogP contribution is -2.36. The Labute approximate surface area is 136 Å². The molecule has 0 radical (unpaired) electrons. The topological polar surface area (TPSA) is 108 Å². The van der Waals surface area contributed by atoms with Crippen LogP contribution in [0.15, 0.2) is 0 Å². The highest BCUT2D eigenvalue weighted by Crippen LogP contribution is 2.26. The molecule has 0 unspecified atom stereocenters. The van der Waals surface area contributed by atoms with Gasteiger partial charge in [-0.15, -0.1) is 0 Å². The molecular weight excluding hydrogens is 318 g/mol. The van der Waals surface area contributed by atoms with E-state index in [0.717, 1.165) is 17.0 Å². The summed E-state index contributed by atoms with van der Waals surface area (Å²) in [5.41, 5.74) is 2.62. The van der Waals surface area contributed by atoms with Gasteiger partial charge in [0.15, 0.2) is 0 Å². The van der Waals surface area contributed by atoms with E-state index in [1.165, 1.54) is 10.6 Å². The SMILES string of the molecule is CC(C)n1nc(CNC(=O)CC#N)c2c1CN(S(C)(=O)=O)CC2. The van der Waals surface area contributed by atoms with Gasteiger partial charge in [0.25, 0.3) is 0 Å². The zero-order chi connectivity index (χ0) is 17.2. The molecule has 1 aliphatic heterocycles. The number of amides is 1. The zero-order valence-corrected chi connectivity index (χ0v) is 14.4. The van der Waals surface area contributed by atoms with E-state index in [9.17, 15) is 13.2 Å². The number of sulfonamides is 1. The Hall–Kier alpha value is -1.92. The molecule has 0 aromatic carbocycles. The monoisotopic (exact) mass is 339 g/mol. The first kappa shape index (κ1) is 17.4. The molecule has 1 aliphatic rings. The van der Waals surface area contributed by atoms with E-state index in [1.54, 1.807) is 6.07 Å². The Balaban J connectivity index is 2.27. The largest absolute Gasteiger partial charge is 0.349 e. The second kappa shape index (κ2) is 6.68. The molecule has 0 saturated carbocycles. The summed E-state index contributed by atoms with van der Waals surface area (Å²) in [6, 6.07) is 1.89. The molecule has 0 spiro atoms. The summed E-state index contributed by atoms with van der Waals surface area (Å²) in [5.74, 6) is -0.339. The lowest BCUT2D eigenvalue weighted by atomic mass is 10.1. The van der Waals surface area contributed by atoms with Gasteiger partial charge >= 0.3 is 0 Å². The maximum Gasteiger partial charge on any atom is 0.234 e. The number of nitriles is 1. The van der Waals surface area contributed by atoms with Crippen LogP contribution in [0.5, 0.6) is 0 Å². The minimum atomic E-state index is -3.25. The normalized spacial score (nSPS) is 15.3. The second-order valence-corrected chi connectivity index (χ2v) is 7.85. The van der Waals surface area contributed by atoms with Crippen molar-refractivity contribution in [3.63, 3.8) is 0 Å². The second-order valence-electron chi connectivity index (χ2n) is 5.87. The minimum absolute atomic E-state index is 0.0896. The third kappa shape index (κ3) is 3.89. The lowest BCUT2D eigenvalue weighted by Gasteiger charge is -2.26. The Kier molecular flexibility index (Phi) is 5.06. The molecule has 8 nitrogen and oxygen atoms in total. The summed E-state index contributed by atoms with van der Waals surface area (Å²) in [7, 11) is -3.25. The van der Waals surface area contributed by atoms with Crippen LogP contribution in [0.2, 0.25) is 0 Å². The van der Waals surface area contributed by atoms with Crippen LogP contribution in [0.3, 0.4) is 0 Å². The molecule has 2 rings (SSSR count). The average Bonchev–Trinajstić information content (AvgIpc) is 2.82. The highest BCUT2D eigenvalue weighted by Gasteiger charge is 2.29. The Morgan fingerprint density at radius 3 is 2.74 bits per heavy atom. The molecule has 0 fully saturated rings. The molecule has 0 atom stereocenters. The first-order valence-electron chi connectivity index (χ1n) is 7.42. The number of hydrogen-bond acceptors (Lipinski definition) is 5. The van der Waals surface area contributed by atoms with Gasteiger partial charge in [0.1, 0.15) is 6.42 Å². The third-order valence-electron chi connectivity index (χ3n) is 3.79. The molecule has 1 aromatic heterocycles. The van der Waals surface area contributed by atoms with Gasteiger partial charge in [0.05, 0.1) is 36.8 Å². The van der Waals surface area contributed by atoms with Gasteiger partial charge in [-0.05, 0) is 20.3 Å². The maximum absolute atomic E-state index is 11.8. The van der Waals surface area contributed by atoms with Crippen molar-refractivity contribution in [2.24, 2.45) is 0 Å². The van der Waals surface area contributed by atoms with Gasteiger partial charge in [-0.25, -0.2) is 8.42 Å². The Bertz CT molecular complexity index is 745. The van der Waals surface area contributed by atoms with Crippen LogP contribution in [0.1, 0.15) is 43.3 Å². The summed E-state index contributed by atoms with van der Waals surface area (Å²) in [5, 5.41) is 15.7. The van der Waals surface area contributed by atoms with Gasteiger partial charge in [-0.2, -0.15) is 14.7 Å². The molecule has 0 bridgehead atoms. The number of carbonyl (C=O) groups is 1. The van der Waals surface area contributed by atoms with Crippen molar-refractivity contribution in [1.29, 1.82) is 5.26 Å². The van der Waals surface area contributed by atoms with E-state index in [4.69, 9.17) is 5.26 Å². The Morgan fingerprint density at radius 2 is 2.17 bits per heavy atom. The van der Waals surface area contributed by atoms with E-state index in [0.29, 0.717) is 19.5 Å². The molecule has 126 valence electrons. The predicted octanol–water partition coefficient (Wildman–Crippen LogP) is 0.312. The number of aromatic nitrogens is 2. The standard InChI is InChI=1S/C14H21N5O3S/c1-10(2)19-13-9-18(23(3,21)22)7-5-11(13)12(17-19)8-16-14(20)4-6-15/h10H,4-5,7-9H2,1-3H3,(H,16,20). The van der Waals surface area contributed by atoms with Crippen LogP contribution >= 0.6 is 0 Å². The molecule has 0 saturated heterocycles. The lowest BCUT2D eigenvalue weighted by molar-refractivity contribution is -0.120. The van der Waals surface area contributed by atoms with E-state index >= 15 is 0 Å². The molecule has 2 heterocycles. The smallest absolute Gasteiger partial charge is 0.234 e. The fourth-order valence-electron chi connectivity index (χ4n) is 2.66. The zero-order valence-electron chi connectivity index (χ0n) is 13.5. The van der Waals surface area contributed by atoms with Gasteiger partial charge in [0, 0.05) is 18.2 Å². The van der Waals surface area contributed by atoms with Gasteiger partial charge in [0.2, 0.25) is 15.9 Å².